The average Bonchev–Trinajstić information content (AvgIpc) is 2.79. The van der Waals surface area contributed by atoms with Gasteiger partial charge < -0.3 is 23.8 Å². The molecule has 0 aromatic heterocycles. The predicted molar refractivity (Wildman–Crippen MR) is 92.1 cm³/mol. The standard InChI is InChI=1S/C18H16ClNO5/c1-22-16-7-12(19)6-11-9-20(17(21)10-25-18(11)16)13-2-3-14-15(8-13)24-5-4-23-14/h2-3,6-8H,4-5,9-10H2,1H3. The van der Waals surface area contributed by atoms with Crippen molar-refractivity contribution in [3.05, 3.63) is 40.9 Å². The molecule has 0 saturated carbocycles. The Morgan fingerprint density at radius 3 is 2.68 bits per heavy atom. The summed E-state index contributed by atoms with van der Waals surface area (Å²) >= 11 is 6.16. The van der Waals surface area contributed by atoms with Crippen LogP contribution in [0.15, 0.2) is 30.3 Å². The van der Waals surface area contributed by atoms with Gasteiger partial charge in [-0.1, -0.05) is 11.6 Å². The Bertz CT molecular complexity index is 838. The molecule has 2 aliphatic heterocycles. The molecule has 2 heterocycles. The van der Waals surface area contributed by atoms with Crippen LogP contribution in [0.5, 0.6) is 23.0 Å². The molecule has 0 atom stereocenters. The fraction of sp³-hybridized carbons (Fsp3) is 0.278. The molecule has 6 nitrogen and oxygen atoms in total. The van der Waals surface area contributed by atoms with Crippen LogP contribution in [0, 0.1) is 0 Å². The molecular formula is C18H16ClNO5. The molecule has 2 aromatic rings. The number of rotatable bonds is 2. The van der Waals surface area contributed by atoms with Crippen LogP contribution in [0.1, 0.15) is 5.56 Å². The first-order chi connectivity index (χ1) is 12.2. The van der Waals surface area contributed by atoms with E-state index in [0.29, 0.717) is 53.5 Å². The number of anilines is 1. The second kappa shape index (κ2) is 6.37. The van der Waals surface area contributed by atoms with E-state index in [-0.39, 0.29) is 12.5 Å². The summed E-state index contributed by atoms with van der Waals surface area (Å²) in [5.41, 5.74) is 1.50. The molecule has 0 spiro atoms. The van der Waals surface area contributed by atoms with Crippen molar-refractivity contribution in [1.82, 2.24) is 0 Å². The van der Waals surface area contributed by atoms with Gasteiger partial charge in [0.1, 0.15) is 13.2 Å². The van der Waals surface area contributed by atoms with Gasteiger partial charge in [0.05, 0.1) is 13.7 Å². The number of hydrogen-bond acceptors (Lipinski definition) is 5. The number of fused-ring (bicyclic) bond motifs is 2. The van der Waals surface area contributed by atoms with E-state index >= 15 is 0 Å². The minimum absolute atomic E-state index is 0.0839. The molecule has 2 aromatic carbocycles. The molecule has 25 heavy (non-hydrogen) atoms. The van der Waals surface area contributed by atoms with Crippen molar-refractivity contribution in [2.45, 2.75) is 6.54 Å². The van der Waals surface area contributed by atoms with Gasteiger partial charge in [-0.05, 0) is 18.2 Å². The Labute approximate surface area is 149 Å². The van der Waals surface area contributed by atoms with Gasteiger partial charge in [-0.25, -0.2) is 0 Å². The zero-order valence-corrected chi connectivity index (χ0v) is 14.3. The molecule has 0 bridgehead atoms. The lowest BCUT2D eigenvalue weighted by Gasteiger charge is -2.24. The van der Waals surface area contributed by atoms with E-state index in [1.165, 1.54) is 0 Å². The smallest absolute Gasteiger partial charge is 0.265 e. The zero-order chi connectivity index (χ0) is 17.4. The van der Waals surface area contributed by atoms with Crippen molar-refractivity contribution < 1.29 is 23.7 Å². The third kappa shape index (κ3) is 2.93. The van der Waals surface area contributed by atoms with Crippen LogP contribution < -0.4 is 23.8 Å². The fourth-order valence-electron chi connectivity index (χ4n) is 2.96. The number of methoxy groups -OCH3 is 1. The lowest BCUT2D eigenvalue weighted by atomic mass is 10.1. The number of halogens is 1. The number of hydrogen-bond donors (Lipinski definition) is 0. The van der Waals surface area contributed by atoms with Crippen LogP contribution in [-0.2, 0) is 11.3 Å². The highest BCUT2D eigenvalue weighted by Crippen LogP contribution is 2.39. The van der Waals surface area contributed by atoms with Crippen LogP contribution in [0.3, 0.4) is 0 Å². The van der Waals surface area contributed by atoms with Crippen LogP contribution >= 0.6 is 11.6 Å². The summed E-state index contributed by atoms with van der Waals surface area (Å²) in [7, 11) is 1.54. The number of amides is 1. The fourth-order valence-corrected chi connectivity index (χ4v) is 3.19. The molecule has 2 aliphatic rings. The van der Waals surface area contributed by atoms with Crippen LogP contribution in [0.25, 0.3) is 0 Å². The van der Waals surface area contributed by atoms with E-state index in [9.17, 15) is 4.79 Å². The summed E-state index contributed by atoms with van der Waals surface area (Å²) in [6.07, 6.45) is 0. The van der Waals surface area contributed by atoms with Gasteiger partial charge in [0.2, 0.25) is 0 Å². The Kier molecular flexibility index (Phi) is 4.05. The number of carbonyl (C=O) groups excluding carboxylic acids is 1. The first-order valence-corrected chi connectivity index (χ1v) is 8.23. The third-order valence-corrected chi connectivity index (χ3v) is 4.34. The van der Waals surface area contributed by atoms with E-state index in [0.717, 1.165) is 5.56 Å². The molecule has 0 unspecified atom stereocenters. The zero-order valence-electron chi connectivity index (χ0n) is 13.6. The van der Waals surface area contributed by atoms with Gasteiger partial charge in [-0.15, -0.1) is 0 Å². The van der Waals surface area contributed by atoms with E-state index in [1.807, 2.05) is 12.1 Å². The normalized spacial score (nSPS) is 15.9. The van der Waals surface area contributed by atoms with Crippen molar-refractivity contribution >= 4 is 23.2 Å². The van der Waals surface area contributed by atoms with Crippen molar-refractivity contribution in [1.29, 1.82) is 0 Å². The van der Waals surface area contributed by atoms with Crippen LogP contribution in [0.2, 0.25) is 5.02 Å². The molecule has 4 rings (SSSR count). The summed E-state index contributed by atoms with van der Waals surface area (Å²) in [5, 5.41) is 0.524. The van der Waals surface area contributed by atoms with E-state index in [2.05, 4.69) is 0 Å². The molecule has 130 valence electrons. The first kappa shape index (κ1) is 15.9. The van der Waals surface area contributed by atoms with Crippen LogP contribution in [0.4, 0.5) is 5.69 Å². The Balaban J connectivity index is 1.73. The maximum Gasteiger partial charge on any atom is 0.265 e. The van der Waals surface area contributed by atoms with Crippen molar-refractivity contribution in [3.63, 3.8) is 0 Å². The topological polar surface area (TPSA) is 57.2 Å². The van der Waals surface area contributed by atoms with E-state index in [1.54, 1.807) is 30.2 Å². The average molecular weight is 362 g/mol. The number of nitrogens with zero attached hydrogens (tertiary/aromatic N) is 1. The third-order valence-electron chi connectivity index (χ3n) is 4.12. The molecular weight excluding hydrogens is 346 g/mol. The summed E-state index contributed by atoms with van der Waals surface area (Å²) in [6, 6.07) is 8.90. The molecule has 7 heteroatoms. The lowest BCUT2D eigenvalue weighted by molar-refractivity contribution is -0.120. The Morgan fingerprint density at radius 2 is 1.88 bits per heavy atom. The largest absolute Gasteiger partial charge is 0.493 e. The number of ether oxygens (including phenoxy) is 4. The van der Waals surface area contributed by atoms with Crippen molar-refractivity contribution in [3.8, 4) is 23.0 Å². The second-order valence-electron chi connectivity index (χ2n) is 5.69. The summed E-state index contributed by atoms with van der Waals surface area (Å²) in [5.74, 6) is 2.20. The summed E-state index contributed by atoms with van der Waals surface area (Å²) in [4.78, 5) is 14.2. The maximum atomic E-state index is 12.6. The van der Waals surface area contributed by atoms with Gasteiger partial charge in [0, 0.05) is 28.4 Å². The minimum atomic E-state index is -0.161. The SMILES string of the molecule is COc1cc(Cl)cc2c1OCC(=O)N(c1ccc3c(c1)OCCO3)C2. The molecule has 0 aliphatic carbocycles. The molecule has 0 fully saturated rings. The van der Waals surface area contributed by atoms with Gasteiger partial charge in [-0.2, -0.15) is 0 Å². The molecule has 1 amide bonds. The van der Waals surface area contributed by atoms with E-state index in [4.69, 9.17) is 30.5 Å². The van der Waals surface area contributed by atoms with Gasteiger partial charge in [0.15, 0.2) is 29.6 Å². The molecule has 0 radical (unpaired) electrons. The Hall–Kier alpha value is -2.60. The summed E-state index contributed by atoms with van der Waals surface area (Å²) in [6.45, 7) is 1.25. The van der Waals surface area contributed by atoms with Gasteiger partial charge >= 0.3 is 0 Å². The maximum absolute atomic E-state index is 12.6. The summed E-state index contributed by atoms with van der Waals surface area (Å²) < 4.78 is 22.1. The van der Waals surface area contributed by atoms with Crippen molar-refractivity contribution in [2.75, 3.05) is 31.8 Å². The lowest BCUT2D eigenvalue weighted by Crippen LogP contribution is -2.32. The Morgan fingerprint density at radius 1 is 1.08 bits per heavy atom. The monoisotopic (exact) mass is 361 g/mol. The van der Waals surface area contributed by atoms with Crippen LogP contribution in [-0.4, -0.2) is 32.8 Å². The van der Waals surface area contributed by atoms with E-state index < -0.39 is 0 Å². The highest BCUT2D eigenvalue weighted by atomic mass is 35.5. The number of carbonyl (C=O) groups is 1. The molecule has 0 N–H and O–H groups in total. The van der Waals surface area contributed by atoms with Gasteiger partial charge in [-0.3, -0.25) is 4.79 Å². The predicted octanol–water partition coefficient (Wildman–Crippen LogP) is 3.05. The number of benzene rings is 2. The molecule has 0 saturated heterocycles. The van der Waals surface area contributed by atoms with Gasteiger partial charge in [0.25, 0.3) is 5.91 Å². The second-order valence-corrected chi connectivity index (χ2v) is 6.13. The minimum Gasteiger partial charge on any atom is -0.493 e. The first-order valence-electron chi connectivity index (χ1n) is 7.85. The highest BCUT2D eigenvalue weighted by Gasteiger charge is 2.26. The highest BCUT2D eigenvalue weighted by molar-refractivity contribution is 6.30. The quantitative estimate of drug-likeness (QED) is 0.823. The van der Waals surface area contributed by atoms with Crippen molar-refractivity contribution in [2.24, 2.45) is 0 Å².